The van der Waals surface area contributed by atoms with E-state index < -0.39 is 0 Å². The Kier molecular flexibility index (Phi) is 4.75. The Balaban J connectivity index is 2.03. The van der Waals surface area contributed by atoms with Crippen LogP contribution in [-0.2, 0) is 13.1 Å². The van der Waals surface area contributed by atoms with E-state index in [4.69, 9.17) is 5.73 Å². The van der Waals surface area contributed by atoms with Gasteiger partial charge in [-0.1, -0.05) is 24.3 Å². The topological polar surface area (TPSA) is 49.5 Å². The van der Waals surface area contributed by atoms with Crippen molar-refractivity contribution in [3.63, 3.8) is 0 Å². The second-order valence-electron chi connectivity index (χ2n) is 5.32. The Morgan fingerprint density at radius 2 is 2.11 bits per heavy atom. The molecule has 0 aliphatic carbocycles. The van der Waals surface area contributed by atoms with Gasteiger partial charge in [-0.05, 0) is 43.9 Å². The van der Waals surface area contributed by atoms with E-state index in [-0.39, 0.29) is 6.10 Å². The molecule has 100 valence electrons. The number of nitrogens with zero attached hydrogens (tertiary/aromatic N) is 1. The quantitative estimate of drug-likeness (QED) is 0.836. The summed E-state index contributed by atoms with van der Waals surface area (Å²) in [6.45, 7) is 4.58. The van der Waals surface area contributed by atoms with Crippen LogP contribution in [0.2, 0.25) is 0 Å². The highest BCUT2D eigenvalue weighted by molar-refractivity contribution is 5.27. The molecule has 1 aliphatic heterocycles. The van der Waals surface area contributed by atoms with Gasteiger partial charge in [-0.3, -0.25) is 4.90 Å². The van der Waals surface area contributed by atoms with Gasteiger partial charge in [0, 0.05) is 19.1 Å². The molecule has 0 saturated carbocycles. The van der Waals surface area contributed by atoms with Gasteiger partial charge in [0.25, 0.3) is 0 Å². The van der Waals surface area contributed by atoms with E-state index in [1.807, 2.05) is 13.0 Å². The molecule has 2 unspecified atom stereocenters. The number of hydrogen-bond donors (Lipinski definition) is 2. The zero-order valence-corrected chi connectivity index (χ0v) is 11.2. The van der Waals surface area contributed by atoms with E-state index in [2.05, 4.69) is 23.1 Å². The van der Waals surface area contributed by atoms with Crippen molar-refractivity contribution in [3.05, 3.63) is 35.4 Å². The molecule has 1 aromatic carbocycles. The minimum absolute atomic E-state index is 0.208. The van der Waals surface area contributed by atoms with Gasteiger partial charge in [-0.2, -0.15) is 0 Å². The van der Waals surface area contributed by atoms with Gasteiger partial charge in [-0.15, -0.1) is 0 Å². The molecule has 1 aromatic rings. The first-order valence-corrected chi connectivity index (χ1v) is 6.89. The van der Waals surface area contributed by atoms with E-state index >= 15 is 0 Å². The molecule has 1 aliphatic rings. The first-order chi connectivity index (χ1) is 8.70. The fourth-order valence-electron chi connectivity index (χ4n) is 2.89. The number of rotatable bonds is 5. The predicted molar refractivity (Wildman–Crippen MR) is 74.1 cm³/mol. The predicted octanol–water partition coefficient (Wildman–Crippen LogP) is 1.88. The molecule has 3 nitrogen and oxygen atoms in total. The Morgan fingerprint density at radius 3 is 2.78 bits per heavy atom. The molecular weight excluding hydrogens is 224 g/mol. The highest BCUT2D eigenvalue weighted by atomic mass is 16.3. The van der Waals surface area contributed by atoms with Gasteiger partial charge in [0.1, 0.15) is 0 Å². The standard InChI is InChI=1S/C15H24N2O/c1-12(18)9-15-7-4-8-17(15)11-14-6-3-2-5-13(14)10-16/h2-3,5-6,12,15,18H,4,7-11,16H2,1H3. The van der Waals surface area contributed by atoms with Crippen molar-refractivity contribution in [2.24, 2.45) is 5.73 Å². The van der Waals surface area contributed by atoms with Crippen molar-refractivity contribution < 1.29 is 5.11 Å². The first kappa shape index (κ1) is 13.5. The van der Waals surface area contributed by atoms with E-state index in [0.717, 1.165) is 19.5 Å². The van der Waals surface area contributed by atoms with Gasteiger partial charge in [0.15, 0.2) is 0 Å². The number of hydrogen-bond acceptors (Lipinski definition) is 3. The lowest BCUT2D eigenvalue weighted by atomic mass is 10.0. The number of aliphatic hydroxyl groups is 1. The third kappa shape index (κ3) is 3.31. The average molecular weight is 248 g/mol. The molecule has 0 aromatic heterocycles. The van der Waals surface area contributed by atoms with Crippen molar-refractivity contribution in [1.82, 2.24) is 4.90 Å². The normalized spacial score (nSPS) is 22.3. The minimum Gasteiger partial charge on any atom is -0.393 e. The Hall–Kier alpha value is -0.900. The third-order valence-corrected chi connectivity index (χ3v) is 3.82. The van der Waals surface area contributed by atoms with Crippen LogP contribution in [0.4, 0.5) is 0 Å². The van der Waals surface area contributed by atoms with Crippen LogP contribution in [-0.4, -0.2) is 28.7 Å². The summed E-state index contributed by atoms with van der Waals surface area (Å²) in [4.78, 5) is 2.49. The van der Waals surface area contributed by atoms with Gasteiger partial charge in [0.05, 0.1) is 6.10 Å². The maximum atomic E-state index is 9.55. The SMILES string of the molecule is CC(O)CC1CCCN1Cc1ccccc1CN. The summed E-state index contributed by atoms with van der Waals surface area (Å²) in [7, 11) is 0. The van der Waals surface area contributed by atoms with E-state index in [1.165, 1.54) is 24.0 Å². The molecule has 0 radical (unpaired) electrons. The van der Waals surface area contributed by atoms with Crippen molar-refractivity contribution in [2.45, 2.75) is 51.4 Å². The second kappa shape index (κ2) is 6.32. The van der Waals surface area contributed by atoms with E-state index in [1.54, 1.807) is 0 Å². The van der Waals surface area contributed by atoms with Crippen molar-refractivity contribution in [1.29, 1.82) is 0 Å². The summed E-state index contributed by atoms with van der Waals surface area (Å²) >= 11 is 0. The fourth-order valence-corrected chi connectivity index (χ4v) is 2.89. The third-order valence-electron chi connectivity index (χ3n) is 3.82. The summed E-state index contributed by atoms with van der Waals surface area (Å²) < 4.78 is 0. The largest absolute Gasteiger partial charge is 0.393 e. The zero-order valence-electron chi connectivity index (χ0n) is 11.2. The lowest BCUT2D eigenvalue weighted by Crippen LogP contribution is -2.31. The maximum Gasteiger partial charge on any atom is 0.0527 e. The van der Waals surface area contributed by atoms with Crippen molar-refractivity contribution in [3.8, 4) is 0 Å². The number of benzene rings is 1. The number of aliphatic hydroxyl groups excluding tert-OH is 1. The summed E-state index contributed by atoms with van der Waals surface area (Å²) in [6, 6.07) is 8.92. The Labute approximate surface area is 110 Å². The van der Waals surface area contributed by atoms with Crippen LogP contribution in [0.1, 0.15) is 37.3 Å². The van der Waals surface area contributed by atoms with Crippen LogP contribution in [0.5, 0.6) is 0 Å². The minimum atomic E-state index is -0.208. The monoisotopic (exact) mass is 248 g/mol. The highest BCUT2D eigenvalue weighted by Crippen LogP contribution is 2.24. The smallest absolute Gasteiger partial charge is 0.0527 e. The van der Waals surface area contributed by atoms with Crippen LogP contribution in [0.3, 0.4) is 0 Å². The lowest BCUT2D eigenvalue weighted by molar-refractivity contribution is 0.130. The Bertz CT molecular complexity index is 379. The lowest BCUT2D eigenvalue weighted by Gasteiger charge is -2.26. The second-order valence-corrected chi connectivity index (χ2v) is 5.32. The van der Waals surface area contributed by atoms with Crippen molar-refractivity contribution >= 4 is 0 Å². The summed E-state index contributed by atoms with van der Waals surface area (Å²) in [5.41, 5.74) is 8.35. The van der Waals surface area contributed by atoms with Gasteiger partial charge >= 0.3 is 0 Å². The van der Waals surface area contributed by atoms with Crippen molar-refractivity contribution in [2.75, 3.05) is 6.54 Å². The molecule has 0 spiro atoms. The Morgan fingerprint density at radius 1 is 1.39 bits per heavy atom. The molecule has 2 atom stereocenters. The number of nitrogens with two attached hydrogens (primary N) is 1. The number of likely N-dealkylation sites (tertiary alicyclic amines) is 1. The van der Waals surface area contributed by atoms with Gasteiger partial charge in [-0.25, -0.2) is 0 Å². The molecule has 1 saturated heterocycles. The molecule has 3 heteroatoms. The van der Waals surface area contributed by atoms with E-state index in [0.29, 0.717) is 12.6 Å². The fraction of sp³-hybridized carbons (Fsp3) is 0.600. The molecule has 18 heavy (non-hydrogen) atoms. The molecule has 0 amide bonds. The summed E-state index contributed by atoms with van der Waals surface area (Å²) in [6.07, 6.45) is 3.11. The molecule has 2 rings (SSSR count). The zero-order chi connectivity index (χ0) is 13.0. The first-order valence-electron chi connectivity index (χ1n) is 6.89. The van der Waals surface area contributed by atoms with Crippen LogP contribution < -0.4 is 5.73 Å². The van der Waals surface area contributed by atoms with Crippen LogP contribution in [0, 0.1) is 0 Å². The highest BCUT2D eigenvalue weighted by Gasteiger charge is 2.25. The maximum absolute atomic E-state index is 9.55. The van der Waals surface area contributed by atoms with E-state index in [9.17, 15) is 5.11 Å². The molecule has 1 heterocycles. The molecule has 1 fully saturated rings. The van der Waals surface area contributed by atoms with Gasteiger partial charge in [0.2, 0.25) is 0 Å². The van der Waals surface area contributed by atoms with Crippen LogP contribution >= 0.6 is 0 Å². The summed E-state index contributed by atoms with van der Waals surface area (Å²) in [5.74, 6) is 0. The summed E-state index contributed by atoms with van der Waals surface area (Å²) in [5, 5.41) is 9.55. The van der Waals surface area contributed by atoms with Gasteiger partial charge < -0.3 is 10.8 Å². The molecule has 3 N–H and O–H groups in total. The average Bonchev–Trinajstić information content (AvgIpc) is 2.76. The molecule has 0 bridgehead atoms. The van der Waals surface area contributed by atoms with Crippen LogP contribution in [0.25, 0.3) is 0 Å². The van der Waals surface area contributed by atoms with Crippen LogP contribution in [0.15, 0.2) is 24.3 Å². The molecular formula is C15H24N2O.